The zero-order valence-corrected chi connectivity index (χ0v) is 11.4. The molecule has 1 aliphatic carbocycles. The Balaban J connectivity index is 2.22. The molecule has 0 amide bonds. The van der Waals surface area contributed by atoms with Crippen LogP contribution in [0.2, 0.25) is 0 Å². The molecule has 2 N–H and O–H groups in total. The molecule has 2 unspecified atom stereocenters. The minimum absolute atomic E-state index is 0.420. The van der Waals surface area contributed by atoms with Crippen LogP contribution in [-0.4, -0.2) is 23.6 Å². The fraction of sp³-hybridized carbons (Fsp3) is 0.538. The maximum Gasteiger partial charge on any atom is 0.138 e. The number of anilines is 1. The van der Waals surface area contributed by atoms with Gasteiger partial charge in [0.25, 0.3) is 0 Å². The van der Waals surface area contributed by atoms with Gasteiger partial charge in [0.15, 0.2) is 0 Å². The summed E-state index contributed by atoms with van der Waals surface area (Å²) >= 11 is 5.08. The Morgan fingerprint density at radius 2 is 2.24 bits per heavy atom. The summed E-state index contributed by atoms with van der Waals surface area (Å²) in [6.45, 7) is 5.31. The van der Waals surface area contributed by atoms with Crippen molar-refractivity contribution in [1.82, 2.24) is 4.98 Å². The first-order chi connectivity index (χ1) is 7.99. The van der Waals surface area contributed by atoms with Crippen LogP contribution in [0.25, 0.3) is 0 Å². The Labute approximate surface area is 108 Å². The highest BCUT2D eigenvalue weighted by atomic mass is 32.1. The second-order valence-corrected chi connectivity index (χ2v) is 5.48. The van der Waals surface area contributed by atoms with Crippen molar-refractivity contribution in [2.45, 2.75) is 20.3 Å². The third-order valence-electron chi connectivity index (χ3n) is 3.43. The van der Waals surface area contributed by atoms with E-state index in [2.05, 4.69) is 23.9 Å². The number of aryl methyl sites for hydroxylation is 1. The number of hydrogen-bond donors (Lipinski definition) is 1. The predicted octanol–water partition coefficient (Wildman–Crippen LogP) is 2.12. The van der Waals surface area contributed by atoms with E-state index >= 15 is 0 Å². The lowest BCUT2D eigenvalue weighted by Gasteiger charge is -2.21. The average Bonchev–Trinajstić information content (AvgIpc) is 2.93. The second kappa shape index (κ2) is 4.61. The van der Waals surface area contributed by atoms with Crippen LogP contribution < -0.4 is 10.6 Å². The summed E-state index contributed by atoms with van der Waals surface area (Å²) in [6, 6.07) is 3.92. The molecular formula is C13H19N3S. The summed E-state index contributed by atoms with van der Waals surface area (Å²) < 4.78 is 0. The number of thiocarbonyl (C=S) groups is 1. The van der Waals surface area contributed by atoms with Crippen molar-refractivity contribution in [2.24, 2.45) is 17.6 Å². The molecule has 4 heteroatoms. The molecule has 17 heavy (non-hydrogen) atoms. The van der Waals surface area contributed by atoms with Gasteiger partial charge in [-0.15, -0.1) is 0 Å². The van der Waals surface area contributed by atoms with Crippen molar-refractivity contribution < 1.29 is 0 Å². The van der Waals surface area contributed by atoms with E-state index in [1.165, 1.54) is 6.42 Å². The van der Waals surface area contributed by atoms with Crippen LogP contribution in [0.5, 0.6) is 0 Å². The highest BCUT2D eigenvalue weighted by molar-refractivity contribution is 7.80. The van der Waals surface area contributed by atoms with Crippen LogP contribution in [0, 0.1) is 18.8 Å². The summed E-state index contributed by atoms with van der Waals surface area (Å²) in [5, 5.41) is 0. The highest BCUT2D eigenvalue weighted by Gasteiger charge is 2.33. The van der Waals surface area contributed by atoms with E-state index < -0.39 is 0 Å². The van der Waals surface area contributed by atoms with Gasteiger partial charge in [0.2, 0.25) is 0 Å². The molecule has 0 aliphatic heterocycles. The lowest BCUT2D eigenvalue weighted by atomic mass is 10.2. The van der Waals surface area contributed by atoms with Gasteiger partial charge in [-0.2, -0.15) is 0 Å². The summed E-state index contributed by atoms with van der Waals surface area (Å²) in [7, 11) is 2.06. The van der Waals surface area contributed by atoms with Gasteiger partial charge in [0, 0.05) is 19.3 Å². The molecule has 1 saturated carbocycles. The average molecular weight is 249 g/mol. The summed E-state index contributed by atoms with van der Waals surface area (Å²) in [4.78, 5) is 7.15. The van der Waals surface area contributed by atoms with E-state index in [1.807, 2.05) is 19.1 Å². The molecule has 1 fully saturated rings. The number of hydrogen-bond acceptors (Lipinski definition) is 3. The Morgan fingerprint density at radius 1 is 1.59 bits per heavy atom. The Bertz CT molecular complexity index is 444. The van der Waals surface area contributed by atoms with Crippen LogP contribution in [0.3, 0.4) is 0 Å². The normalized spacial score (nSPS) is 22.3. The summed E-state index contributed by atoms with van der Waals surface area (Å²) in [5.74, 6) is 2.55. The smallest absolute Gasteiger partial charge is 0.138 e. The molecular weight excluding hydrogens is 230 g/mol. The van der Waals surface area contributed by atoms with Gasteiger partial charge >= 0.3 is 0 Å². The molecule has 92 valence electrons. The first-order valence-electron chi connectivity index (χ1n) is 5.97. The monoisotopic (exact) mass is 249 g/mol. The van der Waals surface area contributed by atoms with Crippen LogP contribution in [0.1, 0.15) is 24.6 Å². The van der Waals surface area contributed by atoms with E-state index in [0.717, 1.165) is 35.5 Å². The minimum atomic E-state index is 0.420. The first kappa shape index (κ1) is 12.3. The van der Waals surface area contributed by atoms with Crippen LogP contribution in [-0.2, 0) is 0 Å². The van der Waals surface area contributed by atoms with Crippen LogP contribution >= 0.6 is 12.2 Å². The Hall–Kier alpha value is -1.16. The highest BCUT2D eigenvalue weighted by Crippen LogP contribution is 2.38. The molecule has 0 bridgehead atoms. The molecule has 0 spiro atoms. The summed E-state index contributed by atoms with van der Waals surface area (Å²) in [5.41, 5.74) is 7.61. The molecule has 2 rings (SSSR count). The lowest BCUT2D eigenvalue weighted by Crippen LogP contribution is -2.25. The van der Waals surface area contributed by atoms with Gasteiger partial charge in [-0.05, 0) is 37.3 Å². The maximum atomic E-state index is 5.74. The van der Waals surface area contributed by atoms with Gasteiger partial charge < -0.3 is 10.6 Å². The van der Waals surface area contributed by atoms with Gasteiger partial charge in [0.05, 0.1) is 5.56 Å². The van der Waals surface area contributed by atoms with E-state index in [9.17, 15) is 0 Å². The van der Waals surface area contributed by atoms with Crippen molar-refractivity contribution in [2.75, 3.05) is 18.5 Å². The molecule has 1 aromatic rings. The lowest BCUT2D eigenvalue weighted by molar-refractivity contribution is 0.718. The van der Waals surface area contributed by atoms with Crippen molar-refractivity contribution in [3.8, 4) is 0 Å². The largest absolute Gasteiger partial charge is 0.389 e. The molecule has 1 heterocycles. The molecule has 1 aromatic heterocycles. The van der Waals surface area contributed by atoms with Crippen LogP contribution in [0.15, 0.2) is 12.1 Å². The van der Waals surface area contributed by atoms with Gasteiger partial charge in [-0.3, -0.25) is 0 Å². The number of nitrogens with zero attached hydrogens (tertiary/aromatic N) is 2. The molecule has 0 aromatic carbocycles. The fourth-order valence-electron chi connectivity index (χ4n) is 2.12. The topological polar surface area (TPSA) is 42.1 Å². The van der Waals surface area contributed by atoms with Crippen molar-refractivity contribution in [3.05, 3.63) is 23.4 Å². The number of rotatable bonds is 4. The maximum absolute atomic E-state index is 5.74. The second-order valence-electron chi connectivity index (χ2n) is 5.04. The van der Waals surface area contributed by atoms with Gasteiger partial charge in [-0.25, -0.2) is 4.98 Å². The molecule has 3 nitrogen and oxygen atoms in total. The van der Waals surface area contributed by atoms with E-state index in [0.29, 0.717) is 4.99 Å². The standard InChI is InChI=1S/C13H19N3S/c1-8-6-10(8)7-16(3)13-11(12(14)17)5-4-9(2)15-13/h4-5,8,10H,6-7H2,1-3H3,(H2,14,17). The van der Waals surface area contributed by atoms with E-state index in [1.54, 1.807) is 0 Å². The molecule has 0 saturated heterocycles. The van der Waals surface area contributed by atoms with Gasteiger partial charge in [-0.1, -0.05) is 19.1 Å². The third kappa shape index (κ3) is 2.75. The predicted molar refractivity (Wildman–Crippen MR) is 75.4 cm³/mol. The third-order valence-corrected chi connectivity index (χ3v) is 3.65. The molecule has 1 aliphatic rings. The zero-order chi connectivity index (χ0) is 12.6. The van der Waals surface area contributed by atoms with Crippen LogP contribution in [0.4, 0.5) is 5.82 Å². The van der Waals surface area contributed by atoms with E-state index in [4.69, 9.17) is 18.0 Å². The zero-order valence-electron chi connectivity index (χ0n) is 10.6. The van der Waals surface area contributed by atoms with Gasteiger partial charge in [0.1, 0.15) is 10.8 Å². The van der Waals surface area contributed by atoms with Crippen molar-refractivity contribution >= 4 is 23.0 Å². The number of aromatic nitrogens is 1. The minimum Gasteiger partial charge on any atom is -0.389 e. The Kier molecular flexibility index (Phi) is 3.33. The van der Waals surface area contributed by atoms with Crippen molar-refractivity contribution in [1.29, 1.82) is 0 Å². The number of pyridine rings is 1. The molecule has 2 atom stereocenters. The summed E-state index contributed by atoms with van der Waals surface area (Å²) in [6.07, 6.45) is 1.32. The fourth-order valence-corrected chi connectivity index (χ4v) is 2.28. The quantitative estimate of drug-likeness (QED) is 0.830. The first-order valence-corrected chi connectivity index (χ1v) is 6.38. The number of nitrogens with two attached hydrogens (primary N) is 1. The molecule has 0 radical (unpaired) electrons. The van der Waals surface area contributed by atoms with Crippen molar-refractivity contribution in [3.63, 3.8) is 0 Å². The Morgan fingerprint density at radius 3 is 2.76 bits per heavy atom. The SMILES string of the molecule is Cc1ccc(C(N)=S)c(N(C)CC2CC2C)n1. The van der Waals surface area contributed by atoms with E-state index in [-0.39, 0.29) is 0 Å².